The monoisotopic (exact) mass is 469 g/mol. The Balaban J connectivity index is 1.57. The van der Waals surface area contributed by atoms with E-state index < -0.39 is 0 Å². The molecular weight excluding hydrogens is 442 g/mol. The lowest BCUT2D eigenvalue weighted by Gasteiger charge is -2.39. The van der Waals surface area contributed by atoms with Crippen molar-refractivity contribution in [2.45, 2.75) is 19.9 Å². The van der Waals surface area contributed by atoms with Crippen LogP contribution in [0.1, 0.15) is 37.3 Å². The van der Waals surface area contributed by atoms with Crippen molar-refractivity contribution in [3.63, 3.8) is 0 Å². The predicted molar refractivity (Wildman–Crippen MR) is 130 cm³/mol. The maximum Gasteiger partial charge on any atom is 0.266 e. The van der Waals surface area contributed by atoms with Gasteiger partial charge >= 0.3 is 0 Å². The summed E-state index contributed by atoms with van der Waals surface area (Å²) >= 11 is 3.12. The largest absolute Gasteiger partial charge is 0.454 e. The van der Waals surface area contributed by atoms with Crippen molar-refractivity contribution in [1.82, 2.24) is 9.80 Å². The lowest BCUT2D eigenvalue weighted by molar-refractivity contribution is 0.103. The van der Waals surface area contributed by atoms with E-state index in [1.54, 1.807) is 11.3 Å². The highest BCUT2D eigenvalue weighted by Crippen LogP contribution is 2.45. The minimum absolute atomic E-state index is 0.0294. The number of nitrogens with zero attached hydrogens (tertiary/aromatic N) is 2. The van der Waals surface area contributed by atoms with E-state index in [2.05, 4.69) is 48.1 Å². The summed E-state index contributed by atoms with van der Waals surface area (Å²) in [7, 11) is 2.17. The first-order valence-corrected chi connectivity index (χ1v) is 12.5. The van der Waals surface area contributed by atoms with Gasteiger partial charge in [0.15, 0.2) is 11.5 Å². The van der Waals surface area contributed by atoms with Gasteiger partial charge in [-0.3, -0.25) is 9.69 Å². The molecule has 32 heavy (non-hydrogen) atoms. The van der Waals surface area contributed by atoms with E-state index in [-0.39, 0.29) is 18.7 Å². The van der Waals surface area contributed by atoms with Gasteiger partial charge in [-0.1, -0.05) is 12.1 Å². The number of piperazine rings is 1. The number of benzene rings is 1. The second-order valence-electron chi connectivity index (χ2n) is 8.31. The van der Waals surface area contributed by atoms with E-state index in [9.17, 15) is 4.79 Å². The van der Waals surface area contributed by atoms with Crippen molar-refractivity contribution < 1.29 is 14.3 Å². The fourth-order valence-corrected chi connectivity index (χ4v) is 6.07. The van der Waals surface area contributed by atoms with Gasteiger partial charge in [0.05, 0.1) is 10.9 Å². The van der Waals surface area contributed by atoms with Crippen molar-refractivity contribution >= 4 is 33.6 Å². The van der Waals surface area contributed by atoms with E-state index >= 15 is 0 Å². The molecule has 2 aliphatic heterocycles. The molecule has 0 spiro atoms. The molecule has 1 saturated heterocycles. The van der Waals surface area contributed by atoms with Crippen LogP contribution in [0.25, 0.3) is 0 Å². The lowest BCUT2D eigenvalue weighted by Crippen LogP contribution is -2.46. The number of carbonyl (C=O) groups is 1. The molecule has 0 saturated carbocycles. The van der Waals surface area contributed by atoms with Crippen LogP contribution >= 0.6 is 22.7 Å². The molecule has 8 heteroatoms. The number of nitrogens with one attached hydrogen (secondary N) is 1. The molecule has 2 aromatic heterocycles. The van der Waals surface area contributed by atoms with Crippen molar-refractivity contribution in [3.05, 3.63) is 62.2 Å². The Morgan fingerprint density at radius 3 is 2.62 bits per heavy atom. The number of amides is 1. The van der Waals surface area contributed by atoms with Crippen LogP contribution in [0.15, 0.2) is 35.7 Å². The van der Waals surface area contributed by atoms with Crippen LogP contribution in [-0.2, 0) is 0 Å². The van der Waals surface area contributed by atoms with Crippen LogP contribution in [0.3, 0.4) is 0 Å². The van der Waals surface area contributed by atoms with Crippen molar-refractivity contribution in [2.24, 2.45) is 0 Å². The molecule has 5 rings (SSSR count). The topological polar surface area (TPSA) is 54.0 Å². The van der Waals surface area contributed by atoms with E-state index in [1.807, 2.05) is 23.6 Å². The van der Waals surface area contributed by atoms with E-state index in [0.29, 0.717) is 0 Å². The molecule has 1 atom stereocenters. The number of rotatable bonds is 5. The smallest absolute Gasteiger partial charge is 0.266 e. The summed E-state index contributed by atoms with van der Waals surface area (Å²) in [5.41, 5.74) is 3.57. The van der Waals surface area contributed by atoms with Crippen LogP contribution in [-0.4, -0.2) is 55.7 Å². The third-order valence-corrected chi connectivity index (χ3v) is 8.30. The molecular formula is C24H27N3O3S2. The molecule has 168 valence electrons. The van der Waals surface area contributed by atoms with Gasteiger partial charge in [-0.15, -0.1) is 22.7 Å². The van der Waals surface area contributed by atoms with Crippen LogP contribution in [0.4, 0.5) is 5.00 Å². The normalized spacial score (nSPS) is 17.5. The number of aryl methyl sites for hydroxylation is 1. The van der Waals surface area contributed by atoms with Crippen LogP contribution in [0, 0.1) is 13.8 Å². The Bertz CT molecular complexity index is 1120. The Kier molecular flexibility index (Phi) is 5.94. The number of thiophene rings is 2. The lowest BCUT2D eigenvalue weighted by atomic mass is 9.94. The fraction of sp³-hybridized carbons (Fsp3) is 0.375. The van der Waals surface area contributed by atoms with Crippen LogP contribution in [0.5, 0.6) is 11.5 Å². The minimum atomic E-state index is -0.0506. The molecule has 0 radical (unpaired) electrons. The van der Waals surface area contributed by atoms with Gasteiger partial charge < -0.3 is 19.7 Å². The zero-order valence-electron chi connectivity index (χ0n) is 18.5. The molecule has 0 unspecified atom stereocenters. The number of hydrogen-bond acceptors (Lipinski definition) is 7. The van der Waals surface area contributed by atoms with Gasteiger partial charge in [0.25, 0.3) is 5.91 Å². The third-order valence-electron chi connectivity index (χ3n) is 6.29. The van der Waals surface area contributed by atoms with Gasteiger partial charge in [0.2, 0.25) is 6.79 Å². The molecule has 4 heterocycles. The first-order valence-electron chi connectivity index (χ1n) is 10.8. The van der Waals surface area contributed by atoms with Gasteiger partial charge in [-0.25, -0.2) is 0 Å². The van der Waals surface area contributed by atoms with Gasteiger partial charge in [-0.2, -0.15) is 0 Å². The molecule has 1 fully saturated rings. The number of likely N-dealkylation sites (N-methyl/N-ethyl adjacent to an activating group) is 1. The predicted octanol–water partition coefficient (Wildman–Crippen LogP) is 4.74. The van der Waals surface area contributed by atoms with E-state index in [4.69, 9.17) is 9.47 Å². The van der Waals surface area contributed by atoms with Crippen molar-refractivity contribution in [2.75, 3.05) is 45.3 Å². The first kappa shape index (κ1) is 21.5. The third kappa shape index (κ3) is 4.03. The standard InChI is InChI=1S/C24H27N3O3S2/c1-15-16(2)32-24(25-23(28)20-5-4-12-31-20)21(15)22(27-10-8-26(3)9-11-27)17-6-7-18-19(13-17)30-14-29-18/h4-7,12-13,22H,8-11,14H2,1-3H3,(H,25,28)/t22-/m0/s1. The molecule has 6 nitrogen and oxygen atoms in total. The quantitative estimate of drug-likeness (QED) is 0.585. The molecule has 1 aromatic carbocycles. The SMILES string of the molecule is Cc1sc(NC(=O)c2cccs2)c([C@H](c2ccc3c(c2)OCO3)N2CCN(C)CC2)c1C. The first-order chi connectivity index (χ1) is 15.5. The van der Waals surface area contributed by atoms with E-state index in [0.717, 1.165) is 53.1 Å². The Morgan fingerprint density at radius 2 is 1.88 bits per heavy atom. The molecule has 2 aliphatic rings. The van der Waals surface area contributed by atoms with Gasteiger partial charge in [0, 0.05) is 36.6 Å². The minimum Gasteiger partial charge on any atom is -0.454 e. The summed E-state index contributed by atoms with van der Waals surface area (Å²) in [5, 5.41) is 6.08. The molecule has 3 aromatic rings. The fourth-order valence-electron chi connectivity index (χ4n) is 4.36. The van der Waals surface area contributed by atoms with Gasteiger partial charge in [-0.05, 0) is 55.6 Å². The van der Waals surface area contributed by atoms with E-state index in [1.165, 1.54) is 27.3 Å². The highest BCUT2D eigenvalue weighted by molar-refractivity contribution is 7.17. The Hall–Kier alpha value is -2.39. The maximum absolute atomic E-state index is 12.9. The molecule has 0 aliphatic carbocycles. The van der Waals surface area contributed by atoms with Crippen molar-refractivity contribution in [1.29, 1.82) is 0 Å². The van der Waals surface area contributed by atoms with Crippen LogP contribution < -0.4 is 14.8 Å². The zero-order chi connectivity index (χ0) is 22.2. The second-order valence-corrected chi connectivity index (χ2v) is 10.5. The average Bonchev–Trinajstić information content (AvgIpc) is 3.53. The highest BCUT2D eigenvalue weighted by Gasteiger charge is 2.32. The average molecular weight is 470 g/mol. The Morgan fingerprint density at radius 1 is 1.09 bits per heavy atom. The van der Waals surface area contributed by atoms with Gasteiger partial charge in [0.1, 0.15) is 5.00 Å². The molecule has 1 N–H and O–H groups in total. The summed E-state index contributed by atoms with van der Waals surface area (Å²) in [6, 6.07) is 10.0. The summed E-state index contributed by atoms with van der Waals surface area (Å²) in [5.74, 6) is 1.52. The summed E-state index contributed by atoms with van der Waals surface area (Å²) in [4.78, 5) is 19.8. The summed E-state index contributed by atoms with van der Waals surface area (Å²) in [6.07, 6.45) is 0. The molecule has 1 amide bonds. The van der Waals surface area contributed by atoms with Crippen molar-refractivity contribution in [3.8, 4) is 11.5 Å². The number of hydrogen-bond donors (Lipinski definition) is 1. The Labute approximate surface area is 196 Å². The number of anilines is 1. The second kappa shape index (κ2) is 8.86. The highest BCUT2D eigenvalue weighted by atomic mass is 32.1. The molecule has 0 bridgehead atoms. The summed E-state index contributed by atoms with van der Waals surface area (Å²) < 4.78 is 11.2. The van der Waals surface area contributed by atoms with Crippen LogP contribution in [0.2, 0.25) is 0 Å². The number of carbonyl (C=O) groups excluding carboxylic acids is 1. The number of ether oxygens (including phenoxy) is 2. The zero-order valence-corrected chi connectivity index (χ0v) is 20.1. The number of fused-ring (bicyclic) bond motifs is 1. The summed E-state index contributed by atoms with van der Waals surface area (Å²) in [6.45, 7) is 8.50. The maximum atomic E-state index is 12.9.